The molecule has 112 valence electrons. The Bertz CT molecular complexity index is 574. The van der Waals surface area contributed by atoms with E-state index in [0.717, 1.165) is 35.2 Å². The van der Waals surface area contributed by atoms with Gasteiger partial charge in [-0.1, -0.05) is 41.1 Å². The highest BCUT2D eigenvalue weighted by molar-refractivity contribution is 9.10. The zero-order chi connectivity index (χ0) is 15.1. The average Bonchev–Trinajstić information content (AvgIpc) is 2.53. The van der Waals surface area contributed by atoms with Crippen molar-refractivity contribution in [3.05, 3.63) is 58.3 Å². The van der Waals surface area contributed by atoms with Gasteiger partial charge in [0.15, 0.2) is 0 Å². The van der Waals surface area contributed by atoms with E-state index < -0.39 is 0 Å². The summed E-state index contributed by atoms with van der Waals surface area (Å²) in [5.41, 5.74) is 2.43. The van der Waals surface area contributed by atoms with Crippen LogP contribution < -0.4 is 10.1 Å². The predicted molar refractivity (Wildman–Crippen MR) is 89.7 cm³/mol. The molecule has 0 aliphatic carbocycles. The molecule has 0 saturated carbocycles. The van der Waals surface area contributed by atoms with Gasteiger partial charge in [0.05, 0.1) is 13.3 Å². The first-order valence-electron chi connectivity index (χ1n) is 7.21. The van der Waals surface area contributed by atoms with Gasteiger partial charge >= 0.3 is 0 Å². The van der Waals surface area contributed by atoms with Crippen molar-refractivity contribution in [1.82, 2.24) is 10.3 Å². The summed E-state index contributed by atoms with van der Waals surface area (Å²) in [5.74, 6) is 0.832. The third-order valence-corrected chi connectivity index (χ3v) is 4.21. The summed E-state index contributed by atoms with van der Waals surface area (Å²) in [7, 11) is 1.69. The molecule has 0 saturated heterocycles. The monoisotopic (exact) mass is 348 g/mol. The highest BCUT2D eigenvalue weighted by Gasteiger charge is 2.17. The van der Waals surface area contributed by atoms with Crippen molar-refractivity contribution in [2.24, 2.45) is 0 Å². The van der Waals surface area contributed by atoms with Crippen LogP contribution in [0.25, 0.3) is 0 Å². The van der Waals surface area contributed by atoms with Crippen LogP contribution in [-0.2, 0) is 6.42 Å². The van der Waals surface area contributed by atoms with Crippen LogP contribution in [0.1, 0.15) is 30.5 Å². The van der Waals surface area contributed by atoms with Crippen molar-refractivity contribution in [1.29, 1.82) is 0 Å². The van der Waals surface area contributed by atoms with Gasteiger partial charge in [-0.2, -0.15) is 0 Å². The van der Waals surface area contributed by atoms with Crippen LogP contribution in [-0.4, -0.2) is 18.6 Å². The minimum atomic E-state index is 0.210. The number of ether oxygens (including phenoxy) is 1. The van der Waals surface area contributed by atoms with E-state index in [1.54, 1.807) is 13.3 Å². The maximum Gasteiger partial charge on any atom is 0.141 e. The molecule has 1 heterocycles. The number of halogens is 1. The number of hydrogen-bond donors (Lipinski definition) is 1. The average molecular weight is 349 g/mol. The van der Waals surface area contributed by atoms with Crippen LogP contribution in [0.2, 0.25) is 0 Å². The Labute approximate surface area is 134 Å². The second-order valence-electron chi connectivity index (χ2n) is 4.92. The SMILES string of the molecule is CCCNC(Cc1ccccc1Br)c1ccncc1OC. The lowest BCUT2D eigenvalue weighted by Crippen LogP contribution is -2.24. The molecule has 0 fully saturated rings. The summed E-state index contributed by atoms with van der Waals surface area (Å²) < 4.78 is 6.60. The fourth-order valence-corrected chi connectivity index (χ4v) is 2.79. The normalized spacial score (nSPS) is 12.1. The van der Waals surface area contributed by atoms with Crippen molar-refractivity contribution in [2.45, 2.75) is 25.8 Å². The number of aromatic nitrogens is 1. The molecule has 1 unspecified atom stereocenters. The molecule has 0 aliphatic heterocycles. The third-order valence-electron chi connectivity index (χ3n) is 3.43. The van der Waals surface area contributed by atoms with Crippen molar-refractivity contribution in [3.63, 3.8) is 0 Å². The number of nitrogens with one attached hydrogen (secondary N) is 1. The highest BCUT2D eigenvalue weighted by Crippen LogP contribution is 2.29. The number of benzene rings is 1. The molecule has 21 heavy (non-hydrogen) atoms. The van der Waals surface area contributed by atoms with E-state index in [2.05, 4.69) is 51.4 Å². The van der Waals surface area contributed by atoms with E-state index in [9.17, 15) is 0 Å². The molecule has 1 aromatic carbocycles. The molecule has 3 nitrogen and oxygen atoms in total. The van der Waals surface area contributed by atoms with E-state index in [-0.39, 0.29) is 6.04 Å². The van der Waals surface area contributed by atoms with Crippen LogP contribution in [0, 0.1) is 0 Å². The van der Waals surface area contributed by atoms with E-state index in [4.69, 9.17) is 4.74 Å². The minimum absolute atomic E-state index is 0.210. The number of hydrogen-bond acceptors (Lipinski definition) is 3. The van der Waals surface area contributed by atoms with Gasteiger partial charge in [0.25, 0.3) is 0 Å². The Morgan fingerprint density at radius 2 is 2.10 bits per heavy atom. The molecule has 4 heteroatoms. The molecular weight excluding hydrogens is 328 g/mol. The molecule has 0 radical (unpaired) electrons. The van der Waals surface area contributed by atoms with Crippen molar-refractivity contribution in [2.75, 3.05) is 13.7 Å². The Morgan fingerprint density at radius 3 is 2.81 bits per heavy atom. The smallest absolute Gasteiger partial charge is 0.141 e. The topological polar surface area (TPSA) is 34.2 Å². The highest BCUT2D eigenvalue weighted by atomic mass is 79.9. The summed E-state index contributed by atoms with van der Waals surface area (Å²) in [6, 6.07) is 10.6. The lowest BCUT2D eigenvalue weighted by Gasteiger charge is -2.21. The zero-order valence-electron chi connectivity index (χ0n) is 12.5. The molecule has 1 aromatic heterocycles. The maximum absolute atomic E-state index is 5.46. The molecule has 0 bridgehead atoms. The van der Waals surface area contributed by atoms with Crippen LogP contribution in [0.4, 0.5) is 0 Å². The van der Waals surface area contributed by atoms with Crippen LogP contribution in [0.15, 0.2) is 47.2 Å². The lowest BCUT2D eigenvalue weighted by molar-refractivity contribution is 0.396. The van der Waals surface area contributed by atoms with Crippen LogP contribution >= 0.6 is 15.9 Å². The number of nitrogens with zero attached hydrogens (tertiary/aromatic N) is 1. The Hall–Kier alpha value is -1.39. The van der Waals surface area contributed by atoms with Gasteiger partial charge in [-0.15, -0.1) is 0 Å². The maximum atomic E-state index is 5.46. The summed E-state index contributed by atoms with van der Waals surface area (Å²) >= 11 is 3.63. The molecule has 2 aromatic rings. The molecule has 0 aliphatic rings. The summed E-state index contributed by atoms with van der Waals surface area (Å²) in [5, 5.41) is 3.61. The molecule has 1 N–H and O–H groups in total. The Balaban J connectivity index is 2.28. The van der Waals surface area contributed by atoms with Gasteiger partial charge in [-0.3, -0.25) is 4.98 Å². The van der Waals surface area contributed by atoms with Crippen molar-refractivity contribution < 1.29 is 4.74 Å². The molecule has 0 amide bonds. The van der Waals surface area contributed by atoms with Gasteiger partial charge in [-0.05, 0) is 37.1 Å². The standard InChI is InChI=1S/C17H21BrN2O/c1-3-9-20-16(11-13-6-4-5-7-15(13)18)14-8-10-19-12-17(14)21-2/h4-8,10,12,16,20H,3,9,11H2,1-2H3. The zero-order valence-corrected chi connectivity index (χ0v) is 14.1. The van der Waals surface area contributed by atoms with E-state index in [1.807, 2.05) is 18.3 Å². The largest absolute Gasteiger partial charge is 0.495 e. The van der Waals surface area contributed by atoms with Crippen LogP contribution in [0.5, 0.6) is 5.75 Å². The minimum Gasteiger partial charge on any atom is -0.495 e. The van der Waals surface area contributed by atoms with Gasteiger partial charge in [0.1, 0.15) is 5.75 Å². The van der Waals surface area contributed by atoms with Crippen LogP contribution in [0.3, 0.4) is 0 Å². The Morgan fingerprint density at radius 1 is 1.29 bits per heavy atom. The van der Waals surface area contributed by atoms with Gasteiger partial charge in [0, 0.05) is 22.3 Å². The fourth-order valence-electron chi connectivity index (χ4n) is 2.34. The van der Waals surface area contributed by atoms with Gasteiger partial charge < -0.3 is 10.1 Å². The van der Waals surface area contributed by atoms with E-state index in [0.29, 0.717) is 0 Å². The van der Waals surface area contributed by atoms with Crippen molar-refractivity contribution >= 4 is 15.9 Å². The molecule has 2 rings (SSSR count). The number of pyridine rings is 1. The number of methoxy groups -OCH3 is 1. The second kappa shape index (κ2) is 8.15. The van der Waals surface area contributed by atoms with Crippen molar-refractivity contribution in [3.8, 4) is 5.75 Å². The first-order chi connectivity index (χ1) is 10.3. The first kappa shape index (κ1) is 16.0. The predicted octanol–water partition coefficient (Wildman–Crippen LogP) is 4.14. The fraction of sp³-hybridized carbons (Fsp3) is 0.353. The second-order valence-corrected chi connectivity index (χ2v) is 5.77. The first-order valence-corrected chi connectivity index (χ1v) is 8.00. The molecular formula is C17H21BrN2O. The molecule has 1 atom stereocenters. The van der Waals surface area contributed by atoms with Gasteiger partial charge in [-0.25, -0.2) is 0 Å². The Kier molecular flexibility index (Phi) is 6.21. The van der Waals surface area contributed by atoms with Gasteiger partial charge in [0.2, 0.25) is 0 Å². The quantitative estimate of drug-likeness (QED) is 0.816. The van der Waals surface area contributed by atoms with E-state index in [1.165, 1.54) is 5.56 Å². The third kappa shape index (κ3) is 4.29. The number of rotatable bonds is 7. The summed E-state index contributed by atoms with van der Waals surface area (Å²) in [6.45, 7) is 3.15. The summed E-state index contributed by atoms with van der Waals surface area (Å²) in [6.07, 6.45) is 5.59. The lowest BCUT2D eigenvalue weighted by atomic mass is 9.99. The summed E-state index contributed by atoms with van der Waals surface area (Å²) in [4.78, 5) is 4.14. The van der Waals surface area contributed by atoms with E-state index >= 15 is 0 Å². The molecule has 0 spiro atoms.